The molecule has 2 nitrogen and oxygen atoms in total. The second-order valence-corrected chi connectivity index (χ2v) is 8.94. The standard InChI is InChI=1S/C18H32N2S/c1-14-15(11-17(21-14)12-19-5)13-20-9-6-7-16(8-10-20)18(2,3)4/h11,16,19H,6-10,12-13H2,1-5H3. The first-order valence-electron chi connectivity index (χ1n) is 8.35. The summed E-state index contributed by atoms with van der Waals surface area (Å²) in [7, 11) is 2.02. The van der Waals surface area contributed by atoms with Crippen LogP contribution in [0.15, 0.2) is 6.07 Å². The lowest BCUT2D eigenvalue weighted by Gasteiger charge is -2.29. The van der Waals surface area contributed by atoms with Crippen LogP contribution in [-0.2, 0) is 13.1 Å². The predicted molar refractivity (Wildman–Crippen MR) is 93.9 cm³/mol. The van der Waals surface area contributed by atoms with Crippen LogP contribution in [0.4, 0.5) is 0 Å². The van der Waals surface area contributed by atoms with E-state index in [1.807, 2.05) is 18.4 Å². The average Bonchev–Trinajstić information content (AvgIpc) is 2.61. The van der Waals surface area contributed by atoms with Crippen molar-refractivity contribution in [3.05, 3.63) is 21.4 Å². The minimum absolute atomic E-state index is 0.467. The van der Waals surface area contributed by atoms with E-state index in [0.717, 1.165) is 19.0 Å². The van der Waals surface area contributed by atoms with Crippen molar-refractivity contribution in [1.29, 1.82) is 0 Å². The fraction of sp³-hybridized carbons (Fsp3) is 0.778. The maximum absolute atomic E-state index is 3.26. The van der Waals surface area contributed by atoms with Crippen LogP contribution in [-0.4, -0.2) is 25.0 Å². The molecule has 1 N–H and O–H groups in total. The molecule has 0 saturated carbocycles. The van der Waals surface area contributed by atoms with E-state index in [1.165, 1.54) is 42.1 Å². The summed E-state index contributed by atoms with van der Waals surface area (Å²) in [6, 6.07) is 2.41. The van der Waals surface area contributed by atoms with E-state index in [0.29, 0.717) is 5.41 Å². The molecule has 1 aromatic heterocycles. The SMILES string of the molecule is CNCc1cc(CN2CCCC(C(C)(C)C)CC2)c(C)s1. The van der Waals surface area contributed by atoms with Crippen LogP contribution in [0, 0.1) is 18.3 Å². The average molecular weight is 309 g/mol. The molecule has 2 heterocycles. The smallest absolute Gasteiger partial charge is 0.0296 e. The zero-order valence-electron chi connectivity index (χ0n) is 14.5. The summed E-state index contributed by atoms with van der Waals surface area (Å²) < 4.78 is 0. The molecule has 0 radical (unpaired) electrons. The van der Waals surface area contributed by atoms with Gasteiger partial charge in [-0.15, -0.1) is 11.3 Å². The Labute approximate surface area is 134 Å². The summed E-state index contributed by atoms with van der Waals surface area (Å²) in [5.74, 6) is 0.880. The third kappa shape index (κ3) is 4.80. The van der Waals surface area contributed by atoms with Crippen LogP contribution in [0.1, 0.15) is 55.4 Å². The Morgan fingerprint density at radius 1 is 1.29 bits per heavy atom. The first-order valence-corrected chi connectivity index (χ1v) is 9.17. The van der Waals surface area contributed by atoms with Gasteiger partial charge in [0.25, 0.3) is 0 Å². The number of likely N-dealkylation sites (tertiary alicyclic amines) is 1. The molecule has 21 heavy (non-hydrogen) atoms. The molecular formula is C18H32N2S. The van der Waals surface area contributed by atoms with Gasteiger partial charge in [0.2, 0.25) is 0 Å². The monoisotopic (exact) mass is 308 g/mol. The van der Waals surface area contributed by atoms with Gasteiger partial charge in [-0.2, -0.15) is 0 Å². The summed E-state index contributed by atoms with van der Waals surface area (Å²) >= 11 is 1.95. The number of aryl methyl sites for hydroxylation is 1. The van der Waals surface area contributed by atoms with Gasteiger partial charge in [0.05, 0.1) is 0 Å². The molecule has 120 valence electrons. The van der Waals surface area contributed by atoms with Crippen molar-refractivity contribution in [3.63, 3.8) is 0 Å². The fourth-order valence-corrected chi connectivity index (χ4v) is 4.49. The number of rotatable bonds is 4. The van der Waals surface area contributed by atoms with Crippen molar-refractivity contribution in [2.75, 3.05) is 20.1 Å². The lowest BCUT2D eigenvalue weighted by atomic mass is 9.77. The molecule has 0 aliphatic carbocycles. The third-order valence-corrected chi connectivity index (χ3v) is 5.95. The van der Waals surface area contributed by atoms with Crippen LogP contribution >= 0.6 is 11.3 Å². The van der Waals surface area contributed by atoms with Crippen LogP contribution in [0.5, 0.6) is 0 Å². The van der Waals surface area contributed by atoms with Crippen LogP contribution in [0.3, 0.4) is 0 Å². The van der Waals surface area contributed by atoms with Crippen molar-refractivity contribution in [2.45, 2.75) is 60.0 Å². The molecule has 0 amide bonds. The van der Waals surface area contributed by atoms with Crippen molar-refractivity contribution in [1.82, 2.24) is 10.2 Å². The second kappa shape index (κ2) is 7.26. The van der Waals surface area contributed by atoms with E-state index in [1.54, 1.807) is 5.56 Å². The molecule has 0 bridgehead atoms. The van der Waals surface area contributed by atoms with Gasteiger partial charge in [-0.25, -0.2) is 0 Å². The van der Waals surface area contributed by atoms with Gasteiger partial charge in [0.1, 0.15) is 0 Å². The van der Waals surface area contributed by atoms with Crippen molar-refractivity contribution >= 4 is 11.3 Å². The van der Waals surface area contributed by atoms with Crippen LogP contribution in [0.25, 0.3) is 0 Å². The van der Waals surface area contributed by atoms with Crippen molar-refractivity contribution in [3.8, 4) is 0 Å². The van der Waals surface area contributed by atoms with E-state index >= 15 is 0 Å². The molecule has 1 aliphatic heterocycles. The Bertz CT molecular complexity index is 445. The highest BCUT2D eigenvalue weighted by Crippen LogP contribution is 2.34. The highest BCUT2D eigenvalue weighted by Gasteiger charge is 2.27. The van der Waals surface area contributed by atoms with Gasteiger partial charge in [0.15, 0.2) is 0 Å². The largest absolute Gasteiger partial charge is 0.315 e. The minimum atomic E-state index is 0.467. The van der Waals surface area contributed by atoms with Gasteiger partial charge in [-0.3, -0.25) is 4.90 Å². The molecule has 1 aliphatic rings. The molecule has 1 fully saturated rings. The maximum Gasteiger partial charge on any atom is 0.0296 e. The summed E-state index contributed by atoms with van der Waals surface area (Å²) in [6.07, 6.45) is 4.11. The quantitative estimate of drug-likeness (QED) is 0.885. The fourth-order valence-electron chi connectivity index (χ4n) is 3.43. The summed E-state index contributed by atoms with van der Waals surface area (Å²) in [4.78, 5) is 5.63. The highest BCUT2D eigenvalue weighted by atomic mass is 32.1. The lowest BCUT2D eigenvalue weighted by Crippen LogP contribution is -2.26. The molecule has 1 atom stereocenters. The summed E-state index contributed by atoms with van der Waals surface area (Å²) in [5.41, 5.74) is 2.01. The topological polar surface area (TPSA) is 15.3 Å². The number of nitrogens with one attached hydrogen (secondary N) is 1. The van der Waals surface area contributed by atoms with Crippen molar-refractivity contribution < 1.29 is 0 Å². The number of hydrogen-bond acceptors (Lipinski definition) is 3. The van der Waals surface area contributed by atoms with Crippen molar-refractivity contribution in [2.24, 2.45) is 11.3 Å². The number of nitrogens with zero attached hydrogens (tertiary/aromatic N) is 1. The van der Waals surface area contributed by atoms with E-state index in [9.17, 15) is 0 Å². The Morgan fingerprint density at radius 2 is 2.05 bits per heavy atom. The van der Waals surface area contributed by atoms with Gasteiger partial charge < -0.3 is 5.32 Å². The Kier molecular flexibility index (Phi) is 5.87. The normalized spacial score (nSPS) is 21.5. The zero-order chi connectivity index (χ0) is 15.5. The summed E-state index contributed by atoms with van der Waals surface area (Å²) in [5, 5.41) is 3.26. The van der Waals surface area contributed by atoms with Gasteiger partial charge in [0, 0.05) is 22.8 Å². The minimum Gasteiger partial charge on any atom is -0.315 e. The first-order chi connectivity index (χ1) is 9.90. The van der Waals surface area contributed by atoms with E-state index in [-0.39, 0.29) is 0 Å². The van der Waals surface area contributed by atoms with E-state index in [2.05, 4.69) is 44.0 Å². The zero-order valence-corrected chi connectivity index (χ0v) is 15.3. The predicted octanol–water partition coefficient (Wildman–Crippen LogP) is 4.42. The van der Waals surface area contributed by atoms with Crippen LogP contribution < -0.4 is 5.32 Å². The molecule has 2 rings (SSSR count). The van der Waals surface area contributed by atoms with Gasteiger partial charge >= 0.3 is 0 Å². The molecule has 1 unspecified atom stereocenters. The Morgan fingerprint density at radius 3 is 2.71 bits per heavy atom. The maximum atomic E-state index is 3.26. The molecule has 3 heteroatoms. The van der Waals surface area contributed by atoms with E-state index < -0.39 is 0 Å². The first kappa shape index (κ1) is 17.0. The molecule has 0 aromatic carbocycles. The van der Waals surface area contributed by atoms with E-state index in [4.69, 9.17) is 0 Å². The third-order valence-electron chi connectivity index (χ3n) is 4.86. The van der Waals surface area contributed by atoms with Crippen LogP contribution in [0.2, 0.25) is 0 Å². The Balaban J connectivity index is 1.94. The molecule has 0 spiro atoms. The molecular weight excluding hydrogens is 276 g/mol. The lowest BCUT2D eigenvalue weighted by molar-refractivity contribution is 0.206. The molecule has 1 saturated heterocycles. The summed E-state index contributed by atoms with van der Waals surface area (Å²) in [6.45, 7) is 14.2. The Hall–Kier alpha value is -0.380. The van der Waals surface area contributed by atoms with Gasteiger partial charge in [-0.05, 0) is 69.3 Å². The molecule has 1 aromatic rings. The highest BCUT2D eigenvalue weighted by molar-refractivity contribution is 7.12. The number of hydrogen-bond donors (Lipinski definition) is 1. The van der Waals surface area contributed by atoms with Gasteiger partial charge in [-0.1, -0.05) is 20.8 Å². The second-order valence-electron chi connectivity index (χ2n) is 7.59. The number of thiophene rings is 1.